The Labute approximate surface area is 281 Å². The zero-order valence-electron chi connectivity index (χ0n) is 27.0. The maximum absolute atomic E-state index is 12.1. The number of fused-ring (bicyclic) bond motifs is 5. The summed E-state index contributed by atoms with van der Waals surface area (Å²) in [6.07, 6.45) is 5.93. The predicted molar refractivity (Wildman–Crippen MR) is 186 cm³/mol. The van der Waals surface area contributed by atoms with Gasteiger partial charge in [-0.1, -0.05) is 25.3 Å². The summed E-state index contributed by atoms with van der Waals surface area (Å²) in [6.45, 7) is 5.94. The summed E-state index contributed by atoms with van der Waals surface area (Å²) in [7, 11) is 1.78. The number of hydrogen-bond donors (Lipinski definition) is 1. The van der Waals surface area contributed by atoms with Crippen molar-refractivity contribution in [1.82, 2.24) is 4.57 Å². The van der Waals surface area contributed by atoms with Gasteiger partial charge in [-0.15, -0.1) is 12.4 Å². The summed E-state index contributed by atoms with van der Waals surface area (Å²) in [5.41, 5.74) is 7.62. The van der Waals surface area contributed by atoms with Gasteiger partial charge in [0.15, 0.2) is 0 Å². The summed E-state index contributed by atoms with van der Waals surface area (Å²) in [4.78, 5) is 28.0. The second-order valence-corrected chi connectivity index (χ2v) is 12.6. The number of aromatic carboxylic acids is 1. The molecule has 0 unspecified atom stereocenters. The summed E-state index contributed by atoms with van der Waals surface area (Å²) in [5.74, 6) is 0.947. The van der Waals surface area contributed by atoms with Crippen molar-refractivity contribution in [3.8, 4) is 22.8 Å². The van der Waals surface area contributed by atoms with Crippen molar-refractivity contribution in [3.05, 3.63) is 71.3 Å². The van der Waals surface area contributed by atoms with Gasteiger partial charge < -0.3 is 33.7 Å². The Balaban J connectivity index is 0.00000386. The van der Waals surface area contributed by atoms with Gasteiger partial charge >= 0.3 is 5.97 Å². The molecule has 0 bridgehead atoms. The van der Waals surface area contributed by atoms with Crippen molar-refractivity contribution >= 4 is 46.6 Å². The van der Waals surface area contributed by atoms with Gasteiger partial charge in [-0.25, -0.2) is 4.79 Å². The molecule has 0 radical (unpaired) electrons. The van der Waals surface area contributed by atoms with E-state index in [1.54, 1.807) is 24.9 Å². The first-order valence-corrected chi connectivity index (χ1v) is 16.4. The first kappa shape index (κ1) is 32.7. The molecular weight excluding hydrogens is 618 g/mol. The third kappa shape index (κ3) is 6.39. The number of morpholine rings is 1. The molecule has 2 aliphatic heterocycles. The fraction of sp³-hybridized carbons (Fsp3) is 0.405. The van der Waals surface area contributed by atoms with Crippen LogP contribution in [0, 0.1) is 0 Å². The molecule has 4 aromatic rings. The number of rotatable bonds is 7. The normalized spacial score (nSPS) is 16.3. The van der Waals surface area contributed by atoms with Crippen LogP contribution in [-0.2, 0) is 22.7 Å². The molecule has 3 heterocycles. The van der Waals surface area contributed by atoms with E-state index in [1.807, 2.05) is 36.4 Å². The van der Waals surface area contributed by atoms with Crippen LogP contribution in [0.5, 0.6) is 11.5 Å². The van der Waals surface area contributed by atoms with Crippen molar-refractivity contribution in [1.29, 1.82) is 0 Å². The molecule has 1 saturated heterocycles. The lowest BCUT2D eigenvalue weighted by atomic mass is 9.81. The molecule has 9 nitrogen and oxygen atoms in total. The fourth-order valence-corrected chi connectivity index (χ4v) is 7.34. The van der Waals surface area contributed by atoms with E-state index in [4.69, 9.17) is 14.2 Å². The van der Waals surface area contributed by atoms with Gasteiger partial charge in [-0.2, -0.15) is 0 Å². The number of carbonyl (C=O) groups is 2. The lowest BCUT2D eigenvalue weighted by Crippen LogP contribution is -2.37. The van der Waals surface area contributed by atoms with E-state index in [9.17, 15) is 14.7 Å². The van der Waals surface area contributed by atoms with E-state index in [2.05, 4.69) is 21.6 Å². The molecule has 248 valence electrons. The van der Waals surface area contributed by atoms with E-state index in [-0.39, 0.29) is 18.3 Å². The van der Waals surface area contributed by atoms with Crippen molar-refractivity contribution in [3.63, 3.8) is 0 Å². The molecule has 1 saturated carbocycles. The highest BCUT2D eigenvalue weighted by atomic mass is 35.5. The summed E-state index contributed by atoms with van der Waals surface area (Å²) < 4.78 is 20.7. The number of hydrogen-bond acceptors (Lipinski definition) is 6. The highest BCUT2D eigenvalue weighted by Crippen LogP contribution is 2.48. The number of ether oxygens (including phenoxy) is 3. The monoisotopic (exact) mass is 659 g/mol. The molecule has 10 heteroatoms. The summed E-state index contributed by atoms with van der Waals surface area (Å²) in [6, 6.07) is 17.7. The van der Waals surface area contributed by atoms with Crippen LogP contribution in [0.3, 0.4) is 0 Å². The number of nitrogens with zero attached hydrogens (tertiary/aromatic N) is 3. The summed E-state index contributed by atoms with van der Waals surface area (Å²) in [5, 5.41) is 10.9. The number of carboxylic acid groups (broad SMARTS) is 1. The minimum atomic E-state index is -0.918. The van der Waals surface area contributed by atoms with Crippen LogP contribution in [0.1, 0.15) is 66.4 Å². The topological polar surface area (TPSA) is 93.5 Å². The molecule has 0 spiro atoms. The van der Waals surface area contributed by atoms with Gasteiger partial charge in [0.05, 0.1) is 31.0 Å². The maximum Gasteiger partial charge on any atom is 0.335 e. The standard InChI is InChI=1S/C37H41N3O6.ClH/c1-24(41)38(2)28-9-13-32(39-14-17-44-18-15-39)27(20-28)23-46-29-10-12-31-34(22-29)45-19-16-40-33-21-26(37(42)43)8-11-30(33)35(36(31)40)25-6-4-3-5-7-25;/h8-13,20-22,25H,3-7,14-19,23H2,1-2H3,(H,42,43);1H. The molecule has 1 amide bonds. The Hall–Kier alpha value is -4.21. The van der Waals surface area contributed by atoms with Gasteiger partial charge in [-0.05, 0) is 66.8 Å². The Morgan fingerprint density at radius 2 is 1.74 bits per heavy atom. The van der Waals surface area contributed by atoms with Crippen LogP contribution in [0.15, 0.2) is 54.6 Å². The second kappa shape index (κ2) is 13.9. The Morgan fingerprint density at radius 1 is 0.957 bits per heavy atom. The van der Waals surface area contributed by atoms with Crippen LogP contribution in [-0.4, -0.2) is 61.5 Å². The number of carbonyl (C=O) groups excluding carboxylic acids is 1. The maximum atomic E-state index is 12.1. The zero-order valence-corrected chi connectivity index (χ0v) is 27.8. The Kier molecular flexibility index (Phi) is 9.66. The quantitative estimate of drug-likeness (QED) is 0.223. The van der Waals surface area contributed by atoms with E-state index in [0.717, 1.165) is 70.8 Å². The average molecular weight is 660 g/mol. The van der Waals surface area contributed by atoms with Gasteiger partial charge in [0.2, 0.25) is 5.91 Å². The zero-order chi connectivity index (χ0) is 31.8. The Morgan fingerprint density at radius 3 is 2.49 bits per heavy atom. The smallest absolute Gasteiger partial charge is 0.335 e. The van der Waals surface area contributed by atoms with Crippen molar-refractivity contribution < 1.29 is 28.9 Å². The van der Waals surface area contributed by atoms with Crippen LogP contribution >= 0.6 is 12.4 Å². The highest BCUT2D eigenvalue weighted by Gasteiger charge is 2.30. The van der Waals surface area contributed by atoms with Crippen molar-refractivity contribution in [2.45, 2.75) is 58.1 Å². The minimum Gasteiger partial charge on any atom is -0.491 e. The average Bonchev–Trinajstić information content (AvgIpc) is 3.28. The number of aromatic nitrogens is 1. The molecular formula is C37H42ClN3O6. The number of anilines is 2. The molecule has 1 aliphatic carbocycles. The van der Waals surface area contributed by atoms with Gasteiger partial charge in [0.25, 0.3) is 0 Å². The molecule has 7 rings (SSSR count). The van der Waals surface area contributed by atoms with Gasteiger partial charge in [-0.3, -0.25) is 4.79 Å². The van der Waals surface area contributed by atoms with Crippen molar-refractivity contribution in [2.75, 3.05) is 49.8 Å². The van der Waals surface area contributed by atoms with Gasteiger partial charge in [0, 0.05) is 66.5 Å². The first-order valence-electron chi connectivity index (χ1n) is 16.4. The third-order valence-electron chi connectivity index (χ3n) is 9.81. The molecule has 3 aromatic carbocycles. The number of amides is 1. The van der Waals surface area contributed by atoms with Crippen LogP contribution in [0.25, 0.3) is 22.2 Å². The molecule has 1 aromatic heterocycles. The third-order valence-corrected chi connectivity index (χ3v) is 9.81. The number of carboxylic acids is 1. The van der Waals surface area contributed by atoms with E-state index in [1.165, 1.54) is 24.8 Å². The van der Waals surface area contributed by atoms with E-state index in [0.29, 0.717) is 50.2 Å². The van der Waals surface area contributed by atoms with Crippen LogP contribution < -0.4 is 19.3 Å². The van der Waals surface area contributed by atoms with E-state index < -0.39 is 5.97 Å². The predicted octanol–water partition coefficient (Wildman–Crippen LogP) is 7.27. The lowest BCUT2D eigenvalue weighted by Gasteiger charge is -2.31. The SMILES string of the molecule is CC(=O)N(C)c1ccc(N2CCOCC2)c(COc2ccc3c(c2)OCCn2c-3c(C3CCCCC3)c3ccc(C(=O)O)cc32)c1.Cl. The fourth-order valence-electron chi connectivity index (χ4n) is 7.34. The molecule has 2 fully saturated rings. The highest BCUT2D eigenvalue weighted by molar-refractivity contribution is 5.99. The lowest BCUT2D eigenvalue weighted by molar-refractivity contribution is -0.116. The van der Waals surface area contributed by atoms with Gasteiger partial charge in [0.1, 0.15) is 24.7 Å². The number of halogens is 1. The Bertz CT molecular complexity index is 1790. The van der Waals surface area contributed by atoms with Crippen molar-refractivity contribution in [2.24, 2.45) is 0 Å². The minimum absolute atomic E-state index is 0. The van der Waals surface area contributed by atoms with Crippen LogP contribution in [0.2, 0.25) is 0 Å². The molecule has 0 atom stereocenters. The largest absolute Gasteiger partial charge is 0.491 e. The van der Waals surface area contributed by atoms with Crippen LogP contribution in [0.4, 0.5) is 11.4 Å². The second-order valence-electron chi connectivity index (χ2n) is 12.6. The molecule has 1 N–H and O–H groups in total. The first-order chi connectivity index (χ1) is 22.4. The summed E-state index contributed by atoms with van der Waals surface area (Å²) >= 11 is 0. The molecule has 3 aliphatic rings. The number of benzene rings is 3. The van der Waals surface area contributed by atoms with E-state index >= 15 is 0 Å². The molecule has 47 heavy (non-hydrogen) atoms.